The van der Waals surface area contributed by atoms with Gasteiger partial charge in [0.15, 0.2) is 0 Å². The van der Waals surface area contributed by atoms with E-state index < -0.39 is 0 Å². The van der Waals surface area contributed by atoms with Crippen LogP contribution in [0.4, 0.5) is 0 Å². The van der Waals surface area contributed by atoms with Crippen molar-refractivity contribution in [2.75, 3.05) is 31.1 Å². The Labute approximate surface area is 87.3 Å². The lowest BCUT2D eigenvalue weighted by atomic mass is 9.82. The largest absolute Gasteiger partial charge is 0.301 e. The molecule has 1 unspecified atom stereocenters. The summed E-state index contributed by atoms with van der Waals surface area (Å²) in [5.41, 5.74) is 0.463. The zero-order valence-electron chi connectivity index (χ0n) is 9.47. The van der Waals surface area contributed by atoms with Crippen LogP contribution < -0.4 is 0 Å². The van der Waals surface area contributed by atoms with Gasteiger partial charge in [0.05, 0.1) is 0 Å². The van der Waals surface area contributed by atoms with Crippen LogP contribution >= 0.6 is 11.8 Å². The smallest absolute Gasteiger partial charge is 0.00728 e. The number of nitrogens with zero attached hydrogens (tertiary/aromatic N) is 1. The molecule has 2 heteroatoms. The van der Waals surface area contributed by atoms with E-state index in [9.17, 15) is 0 Å². The summed E-state index contributed by atoms with van der Waals surface area (Å²) in [7, 11) is 0. The zero-order chi connectivity index (χ0) is 9.90. The van der Waals surface area contributed by atoms with Crippen molar-refractivity contribution in [3.63, 3.8) is 0 Å². The van der Waals surface area contributed by atoms with Crippen LogP contribution in [0.2, 0.25) is 0 Å². The van der Waals surface area contributed by atoms with Gasteiger partial charge in [-0.15, -0.1) is 0 Å². The first-order valence-corrected chi connectivity index (χ1v) is 6.46. The van der Waals surface area contributed by atoms with Crippen molar-refractivity contribution < 1.29 is 0 Å². The molecule has 0 aromatic rings. The average molecular weight is 201 g/mol. The molecule has 1 heterocycles. The standard InChI is InChI=1S/C11H23NS/c1-10(11(2,3)4)9-12-5-7-13-8-6-12/h10H,5-9H2,1-4H3. The Morgan fingerprint density at radius 3 is 2.23 bits per heavy atom. The lowest BCUT2D eigenvalue weighted by Crippen LogP contribution is -2.39. The van der Waals surface area contributed by atoms with Gasteiger partial charge in [0, 0.05) is 31.1 Å². The van der Waals surface area contributed by atoms with Crippen LogP contribution in [-0.2, 0) is 0 Å². The van der Waals surface area contributed by atoms with Gasteiger partial charge in [0.1, 0.15) is 0 Å². The highest BCUT2D eigenvalue weighted by Gasteiger charge is 2.23. The fourth-order valence-corrected chi connectivity index (χ4v) is 2.42. The molecule has 0 radical (unpaired) electrons. The molecule has 0 aromatic heterocycles. The van der Waals surface area contributed by atoms with E-state index in [2.05, 4.69) is 44.4 Å². The minimum Gasteiger partial charge on any atom is -0.301 e. The zero-order valence-corrected chi connectivity index (χ0v) is 10.3. The summed E-state index contributed by atoms with van der Waals surface area (Å²) in [4.78, 5) is 2.62. The molecule has 0 bridgehead atoms. The van der Waals surface area contributed by atoms with E-state index in [0.717, 1.165) is 5.92 Å². The van der Waals surface area contributed by atoms with Crippen molar-refractivity contribution in [1.29, 1.82) is 0 Å². The molecular weight excluding hydrogens is 178 g/mol. The molecule has 1 nitrogen and oxygen atoms in total. The molecule has 0 spiro atoms. The van der Waals surface area contributed by atoms with E-state index in [1.807, 2.05) is 0 Å². The predicted octanol–water partition coefficient (Wildman–Crippen LogP) is 2.72. The molecule has 1 rings (SSSR count). The summed E-state index contributed by atoms with van der Waals surface area (Å²) >= 11 is 2.09. The molecular formula is C11H23NS. The molecule has 0 aromatic carbocycles. The molecule has 1 aliphatic rings. The minimum absolute atomic E-state index is 0.463. The fraction of sp³-hybridized carbons (Fsp3) is 1.00. The lowest BCUT2D eigenvalue weighted by molar-refractivity contribution is 0.171. The van der Waals surface area contributed by atoms with Crippen LogP contribution in [0.5, 0.6) is 0 Å². The Morgan fingerprint density at radius 2 is 1.77 bits per heavy atom. The third kappa shape index (κ3) is 3.90. The van der Waals surface area contributed by atoms with Crippen molar-refractivity contribution in [1.82, 2.24) is 4.90 Å². The van der Waals surface area contributed by atoms with Gasteiger partial charge in [-0.2, -0.15) is 11.8 Å². The second kappa shape index (κ2) is 4.70. The highest BCUT2D eigenvalue weighted by atomic mass is 32.2. The monoisotopic (exact) mass is 201 g/mol. The highest BCUT2D eigenvalue weighted by Crippen LogP contribution is 2.26. The molecule has 0 saturated carbocycles. The SMILES string of the molecule is CC(CN1CCSCC1)C(C)(C)C. The summed E-state index contributed by atoms with van der Waals surface area (Å²) < 4.78 is 0. The predicted molar refractivity (Wildman–Crippen MR) is 62.4 cm³/mol. The summed E-state index contributed by atoms with van der Waals surface area (Å²) in [6.45, 7) is 13.3. The van der Waals surface area contributed by atoms with Gasteiger partial charge in [-0.3, -0.25) is 0 Å². The van der Waals surface area contributed by atoms with Crippen LogP contribution in [-0.4, -0.2) is 36.0 Å². The summed E-state index contributed by atoms with van der Waals surface area (Å²) in [5.74, 6) is 3.46. The first-order chi connectivity index (χ1) is 6.00. The summed E-state index contributed by atoms with van der Waals surface area (Å²) in [5, 5.41) is 0. The Bertz CT molecular complexity index is 145. The van der Waals surface area contributed by atoms with Crippen LogP contribution in [0.1, 0.15) is 27.7 Å². The van der Waals surface area contributed by atoms with E-state index in [0.29, 0.717) is 5.41 Å². The average Bonchev–Trinajstić information content (AvgIpc) is 2.04. The third-order valence-electron chi connectivity index (χ3n) is 3.11. The molecule has 78 valence electrons. The maximum absolute atomic E-state index is 2.62. The molecule has 0 aliphatic carbocycles. The molecule has 1 saturated heterocycles. The number of thioether (sulfide) groups is 1. The van der Waals surface area contributed by atoms with E-state index in [1.165, 1.54) is 31.1 Å². The fourth-order valence-electron chi connectivity index (χ4n) is 1.44. The van der Waals surface area contributed by atoms with Crippen molar-refractivity contribution in [2.45, 2.75) is 27.7 Å². The van der Waals surface area contributed by atoms with E-state index in [1.54, 1.807) is 0 Å². The summed E-state index contributed by atoms with van der Waals surface area (Å²) in [6.07, 6.45) is 0. The first-order valence-electron chi connectivity index (χ1n) is 5.30. The Balaban J connectivity index is 2.30. The topological polar surface area (TPSA) is 3.24 Å². The maximum Gasteiger partial charge on any atom is 0.00728 e. The first kappa shape index (κ1) is 11.4. The van der Waals surface area contributed by atoms with Crippen molar-refractivity contribution in [3.05, 3.63) is 0 Å². The Hall–Kier alpha value is 0.310. The van der Waals surface area contributed by atoms with Crippen LogP contribution in [0.25, 0.3) is 0 Å². The molecule has 1 fully saturated rings. The van der Waals surface area contributed by atoms with Gasteiger partial charge in [0.25, 0.3) is 0 Å². The molecule has 1 atom stereocenters. The normalized spacial score (nSPS) is 23.1. The van der Waals surface area contributed by atoms with Gasteiger partial charge in [-0.05, 0) is 11.3 Å². The quantitative estimate of drug-likeness (QED) is 0.676. The van der Waals surface area contributed by atoms with E-state index >= 15 is 0 Å². The highest BCUT2D eigenvalue weighted by molar-refractivity contribution is 7.99. The second-order valence-corrected chi connectivity index (χ2v) is 6.40. The number of rotatable bonds is 2. The van der Waals surface area contributed by atoms with Gasteiger partial charge < -0.3 is 4.90 Å². The van der Waals surface area contributed by atoms with Gasteiger partial charge in [-0.1, -0.05) is 27.7 Å². The minimum atomic E-state index is 0.463. The lowest BCUT2D eigenvalue weighted by Gasteiger charge is -2.34. The van der Waals surface area contributed by atoms with Crippen LogP contribution in [0.3, 0.4) is 0 Å². The third-order valence-corrected chi connectivity index (χ3v) is 4.06. The Morgan fingerprint density at radius 1 is 1.23 bits per heavy atom. The van der Waals surface area contributed by atoms with Gasteiger partial charge in [-0.25, -0.2) is 0 Å². The molecule has 1 aliphatic heterocycles. The molecule has 0 N–H and O–H groups in total. The van der Waals surface area contributed by atoms with Gasteiger partial charge >= 0.3 is 0 Å². The van der Waals surface area contributed by atoms with E-state index in [-0.39, 0.29) is 0 Å². The Kier molecular flexibility index (Phi) is 4.11. The maximum atomic E-state index is 2.62. The van der Waals surface area contributed by atoms with Crippen LogP contribution in [0.15, 0.2) is 0 Å². The summed E-state index contributed by atoms with van der Waals surface area (Å²) in [6, 6.07) is 0. The van der Waals surface area contributed by atoms with Crippen LogP contribution in [0, 0.1) is 11.3 Å². The van der Waals surface area contributed by atoms with E-state index in [4.69, 9.17) is 0 Å². The number of hydrogen-bond donors (Lipinski definition) is 0. The molecule has 13 heavy (non-hydrogen) atoms. The second-order valence-electron chi connectivity index (χ2n) is 5.18. The van der Waals surface area contributed by atoms with Crippen molar-refractivity contribution >= 4 is 11.8 Å². The van der Waals surface area contributed by atoms with Gasteiger partial charge in [0.2, 0.25) is 0 Å². The van der Waals surface area contributed by atoms with Crippen molar-refractivity contribution in [3.8, 4) is 0 Å². The number of hydrogen-bond acceptors (Lipinski definition) is 2. The molecule has 0 amide bonds. The van der Waals surface area contributed by atoms with Crippen molar-refractivity contribution in [2.24, 2.45) is 11.3 Å².